The van der Waals surface area contributed by atoms with Crippen molar-refractivity contribution in [1.29, 1.82) is 0 Å². The van der Waals surface area contributed by atoms with Gasteiger partial charge in [-0.2, -0.15) is 0 Å². The summed E-state index contributed by atoms with van der Waals surface area (Å²) in [7, 11) is 2.18. The molecule has 0 aliphatic carbocycles. The summed E-state index contributed by atoms with van der Waals surface area (Å²) in [5, 5.41) is 0.716. The lowest BCUT2D eigenvalue weighted by Gasteiger charge is -2.35. The smallest absolute Gasteiger partial charge is 0.309 e. The Labute approximate surface area is 165 Å². The van der Waals surface area contributed by atoms with E-state index >= 15 is 0 Å². The van der Waals surface area contributed by atoms with Gasteiger partial charge >= 0.3 is 5.97 Å². The Bertz CT molecular complexity index is 884. The van der Waals surface area contributed by atoms with Gasteiger partial charge in [0.25, 0.3) is 0 Å². The second-order valence-corrected chi connectivity index (χ2v) is 8.26. The molecule has 1 saturated heterocycles. The quantitative estimate of drug-likeness (QED) is 0.545. The van der Waals surface area contributed by atoms with Crippen LogP contribution < -0.4 is 4.74 Å². The Hall–Kier alpha value is -2.04. The number of quaternary nitrogens is 1. The first-order valence-electron chi connectivity index (χ1n) is 9.51. The molecule has 0 saturated carbocycles. The molecule has 4 atom stereocenters. The molecule has 0 aromatic heterocycles. The summed E-state index contributed by atoms with van der Waals surface area (Å²) < 4.78 is 12.6. The molecular weight excluding hydrogens is 362 g/mol. The third-order valence-corrected chi connectivity index (χ3v) is 6.33. The normalized spacial score (nSPS) is 26.8. The van der Waals surface area contributed by atoms with Crippen molar-refractivity contribution in [2.45, 2.75) is 38.3 Å². The topological polar surface area (TPSA) is 35.5 Å². The second kappa shape index (κ2) is 6.84. The van der Waals surface area contributed by atoms with Crippen molar-refractivity contribution in [2.75, 3.05) is 20.1 Å². The standard InChI is InChI=1S/C22H25ClNO3/c1-4-22(25)26-14(2)24(3)12-18-16-7-5-6-8-20(16)27-21-10-9-15(23)11-17(21)19(18)13-24/h5-11,14,18-19H,4,12-13H2,1-3H3/q+1. The fourth-order valence-electron chi connectivity index (χ4n) is 4.46. The minimum Gasteiger partial charge on any atom is -0.457 e. The monoisotopic (exact) mass is 386 g/mol. The van der Waals surface area contributed by atoms with Crippen LogP contribution >= 0.6 is 11.6 Å². The lowest BCUT2D eigenvalue weighted by atomic mass is 9.84. The summed E-state index contributed by atoms with van der Waals surface area (Å²) >= 11 is 6.32. The average Bonchev–Trinajstić information content (AvgIpc) is 2.97. The highest BCUT2D eigenvalue weighted by atomic mass is 35.5. The van der Waals surface area contributed by atoms with Gasteiger partial charge in [-0.15, -0.1) is 0 Å². The fourth-order valence-corrected chi connectivity index (χ4v) is 4.64. The minimum absolute atomic E-state index is 0.152. The number of carbonyl (C=O) groups excluding carboxylic acids is 1. The maximum atomic E-state index is 11.9. The van der Waals surface area contributed by atoms with Crippen LogP contribution in [0.25, 0.3) is 0 Å². The summed E-state index contributed by atoms with van der Waals surface area (Å²) in [4.78, 5) is 11.9. The Morgan fingerprint density at radius 3 is 2.59 bits per heavy atom. The molecule has 0 spiro atoms. The van der Waals surface area contributed by atoms with E-state index in [4.69, 9.17) is 21.1 Å². The van der Waals surface area contributed by atoms with Crippen molar-refractivity contribution in [3.8, 4) is 11.5 Å². The molecule has 2 aromatic rings. The van der Waals surface area contributed by atoms with Crippen molar-refractivity contribution in [1.82, 2.24) is 0 Å². The number of nitrogens with zero attached hydrogens (tertiary/aromatic N) is 1. The summed E-state index contributed by atoms with van der Waals surface area (Å²) in [5.41, 5.74) is 2.35. The van der Waals surface area contributed by atoms with Crippen LogP contribution in [0.15, 0.2) is 42.5 Å². The molecule has 2 heterocycles. The molecule has 5 heteroatoms. The van der Waals surface area contributed by atoms with Crippen molar-refractivity contribution >= 4 is 17.6 Å². The van der Waals surface area contributed by atoms with Gasteiger partial charge < -0.3 is 9.47 Å². The van der Waals surface area contributed by atoms with Crippen LogP contribution in [0, 0.1) is 0 Å². The summed E-state index contributed by atoms with van der Waals surface area (Å²) in [5.74, 6) is 2.16. The number of benzene rings is 2. The van der Waals surface area contributed by atoms with E-state index in [2.05, 4.69) is 19.2 Å². The van der Waals surface area contributed by atoms with Gasteiger partial charge in [-0.25, -0.2) is 0 Å². The highest BCUT2D eigenvalue weighted by Gasteiger charge is 2.50. The van der Waals surface area contributed by atoms with E-state index in [0.717, 1.165) is 30.2 Å². The lowest BCUT2D eigenvalue weighted by molar-refractivity contribution is -0.940. The van der Waals surface area contributed by atoms with Crippen LogP contribution in [0.4, 0.5) is 0 Å². The molecule has 4 unspecified atom stereocenters. The number of carbonyl (C=O) groups is 1. The van der Waals surface area contributed by atoms with Gasteiger partial charge in [0, 0.05) is 41.3 Å². The minimum atomic E-state index is -0.194. The van der Waals surface area contributed by atoms with Crippen LogP contribution in [0.3, 0.4) is 0 Å². The molecule has 4 nitrogen and oxygen atoms in total. The Balaban J connectivity index is 1.77. The van der Waals surface area contributed by atoms with Crippen molar-refractivity contribution in [2.24, 2.45) is 0 Å². The highest BCUT2D eigenvalue weighted by Crippen LogP contribution is 2.52. The summed E-state index contributed by atoms with van der Waals surface area (Å²) in [6, 6.07) is 14.1. The highest BCUT2D eigenvalue weighted by molar-refractivity contribution is 6.30. The molecule has 0 radical (unpaired) electrons. The molecule has 0 N–H and O–H groups in total. The zero-order chi connectivity index (χ0) is 19.2. The third kappa shape index (κ3) is 3.21. The van der Waals surface area contributed by atoms with Crippen LogP contribution in [0.2, 0.25) is 5.02 Å². The van der Waals surface area contributed by atoms with Gasteiger partial charge in [0.15, 0.2) is 0 Å². The van der Waals surface area contributed by atoms with Crippen LogP contribution in [0.5, 0.6) is 11.5 Å². The van der Waals surface area contributed by atoms with Gasteiger partial charge in [-0.05, 0) is 24.3 Å². The first kappa shape index (κ1) is 18.3. The van der Waals surface area contributed by atoms with E-state index in [0.29, 0.717) is 15.9 Å². The van der Waals surface area contributed by atoms with E-state index in [-0.39, 0.29) is 24.0 Å². The van der Waals surface area contributed by atoms with E-state index in [1.165, 1.54) is 5.56 Å². The zero-order valence-corrected chi connectivity index (χ0v) is 16.7. The number of likely N-dealkylation sites (N-methyl/N-ethyl adjacent to an activating group) is 1. The fraction of sp³-hybridized carbons (Fsp3) is 0.409. The van der Waals surface area contributed by atoms with Crippen molar-refractivity contribution in [3.63, 3.8) is 0 Å². The van der Waals surface area contributed by atoms with Gasteiger partial charge in [0.05, 0.1) is 20.1 Å². The molecule has 2 aliphatic heterocycles. The second-order valence-electron chi connectivity index (χ2n) is 7.82. The van der Waals surface area contributed by atoms with E-state index in [1.807, 2.05) is 44.2 Å². The first-order valence-corrected chi connectivity index (χ1v) is 9.89. The number of ether oxygens (including phenoxy) is 2. The number of hydrogen-bond acceptors (Lipinski definition) is 3. The molecular formula is C22H25ClNO3+. The van der Waals surface area contributed by atoms with Crippen molar-refractivity contribution in [3.05, 3.63) is 58.6 Å². The van der Waals surface area contributed by atoms with Gasteiger partial charge in [0.1, 0.15) is 11.5 Å². The van der Waals surface area contributed by atoms with Gasteiger partial charge in [0.2, 0.25) is 6.23 Å². The van der Waals surface area contributed by atoms with Crippen LogP contribution in [-0.4, -0.2) is 36.8 Å². The number of fused-ring (bicyclic) bond motifs is 5. The zero-order valence-electron chi connectivity index (χ0n) is 15.9. The molecule has 2 aromatic carbocycles. The number of likely N-dealkylation sites (tertiary alicyclic amines) is 1. The first-order chi connectivity index (χ1) is 12.9. The van der Waals surface area contributed by atoms with E-state index < -0.39 is 0 Å². The van der Waals surface area contributed by atoms with Gasteiger partial charge in [-0.1, -0.05) is 36.7 Å². The number of halogens is 1. The molecule has 0 bridgehead atoms. The molecule has 2 aliphatic rings. The molecule has 27 heavy (non-hydrogen) atoms. The van der Waals surface area contributed by atoms with Gasteiger partial charge in [-0.3, -0.25) is 9.28 Å². The molecule has 4 rings (SSSR count). The summed E-state index contributed by atoms with van der Waals surface area (Å²) in [6.07, 6.45) is 0.201. The third-order valence-electron chi connectivity index (χ3n) is 6.09. The number of esters is 1. The molecule has 142 valence electrons. The Morgan fingerprint density at radius 2 is 1.85 bits per heavy atom. The number of hydrogen-bond donors (Lipinski definition) is 0. The molecule has 1 fully saturated rings. The maximum Gasteiger partial charge on any atom is 0.309 e. The van der Waals surface area contributed by atoms with E-state index in [9.17, 15) is 4.79 Å². The lowest BCUT2D eigenvalue weighted by Crippen LogP contribution is -2.51. The number of para-hydroxylation sites is 1. The largest absolute Gasteiger partial charge is 0.457 e. The SMILES string of the molecule is CCC(=O)OC(C)[N+]1(C)CC2c3ccccc3Oc3ccc(Cl)cc3C2C1. The predicted molar refractivity (Wildman–Crippen MR) is 105 cm³/mol. The van der Waals surface area contributed by atoms with Crippen LogP contribution in [-0.2, 0) is 9.53 Å². The maximum absolute atomic E-state index is 11.9. The summed E-state index contributed by atoms with van der Waals surface area (Å²) in [6.45, 7) is 5.58. The number of rotatable bonds is 3. The predicted octanol–water partition coefficient (Wildman–Crippen LogP) is 5.07. The molecule has 0 amide bonds. The Kier molecular flexibility index (Phi) is 4.65. The average molecular weight is 387 g/mol. The Morgan fingerprint density at radius 1 is 1.19 bits per heavy atom. The van der Waals surface area contributed by atoms with E-state index in [1.54, 1.807) is 0 Å². The van der Waals surface area contributed by atoms with Crippen LogP contribution in [0.1, 0.15) is 43.2 Å². The van der Waals surface area contributed by atoms with Crippen molar-refractivity contribution < 1.29 is 18.8 Å².